The highest BCUT2D eigenvalue weighted by atomic mass is 32.1. The lowest BCUT2D eigenvalue weighted by Crippen LogP contribution is -2.13. The molecule has 0 unspecified atom stereocenters. The van der Waals surface area contributed by atoms with E-state index in [0.29, 0.717) is 22.9 Å². The Kier molecular flexibility index (Phi) is 4.74. The van der Waals surface area contributed by atoms with Crippen LogP contribution in [0.3, 0.4) is 0 Å². The van der Waals surface area contributed by atoms with Gasteiger partial charge in [-0.3, -0.25) is 10.1 Å². The van der Waals surface area contributed by atoms with Crippen LogP contribution in [0.1, 0.15) is 32.3 Å². The number of alkyl halides is 3. The highest BCUT2D eigenvalue weighted by molar-refractivity contribution is 7.15. The summed E-state index contributed by atoms with van der Waals surface area (Å²) in [6.07, 6.45) is -0.808. The largest absolute Gasteiger partial charge is 0.416 e. The number of aromatic nitrogens is 5. The van der Waals surface area contributed by atoms with Gasteiger partial charge < -0.3 is 0 Å². The van der Waals surface area contributed by atoms with E-state index in [0.717, 1.165) is 22.7 Å². The number of amides is 1. The van der Waals surface area contributed by atoms with Gasteiger partial charge >= 0.3 is 6.18 Å². The third-order valence-electron chi connectivity index (χ3n) is 4.07. The third-order valence-corrected chi connectivity index (χ3v) is 4.98. The van der Waals surface area contributed by atoms with Crippen LogP contribution in [0, 0.1) is 6.92 Å². The van der Waals surface area contributed by atoms with Crippen LogP contribution in [0.15, 0.2) is 42.7 Å². The Bertz CT molecular complexity index is 1180. The van der Waals surface area contributed by atoms with E-state index < -0.39 is 17.6 Å². The quantitative estimate of drug-likeness (QED) is 0.546. The van der Waals surface area contributed by atoms with Gasteiger partial charge in [-0.15, -0.1) is 16.4 Å². The first-order chi connectivity index (χ1) is 13.8. The summed E-state index contributed by atoms with van der Waals surface area (Å²) < 4.78 is 39.4. The van der Waals surface area contributed by atoms with Crippen molar-refractivity contribution in [2.45, 2.75) is 19.5 Å². The fraction of sp³-hybridized carbons (Fsp3) is 0.167. The predicted molar refractivity (Wildman–Crippen MR) is 99.8 cm³/mol. The summed E-state index contributed by atoms with van der Waals surface area (Å²) in [6, 6.07) is 6.69. The number of halogens is 3. The van der Waals surface area contributed by atoms with E-state index in [9.17, 15) is 18.0 Å². The number of nitrogens with zero attached hydrogens (tertiary/aromatic N) is 5. The van der Waals surface area contributed by atoms with Gasteiger partial charge in [-0.2, -0.15) is 18.2 Å². The molecule has 1 N–H and O–H groups in total. The molecule has 4 aromatic rings. The van der Waals surface area contributed by atoms with Crippen molar-refractivity contribution in [3.63, 3.8) is 0 Å². The van der Waals surface area contributed by atoms with Crippen molar-refractivity contribution in [1.29, 1.82) is 0 Å². The molecule has 0 saturated carbocycles. The molecule has 0 atom stereocenters. The highest BCUT2D eigenvalue weighted by Crippen LogP contribution is 2.30. The minimum Gasteiger partial charge on any atom is -0.295 e. The van der Waals surface area contributed by atoms with E-state index >= 15 is 0 Å². The number of hydrogen-bond acceptors (Lipinski definition) is 6. The maximum atomic E-state index is 12.6. The first-order valence-corrected chi connectivity index (χ1v) is 9.22. The Labute approximate surface area is 166 Å². The average molecular weight is 418 g/mol. The Hall–Kier alpha value is -3.34. The van der Waals surface area contributed by atoms with Gasteiger partial charge in [-0.05, 0) is 30.7 Å². The molecular weight excluding hydrogens is 405 g/mol. The smallest absolute Gasteiger partial charge is 0.295 e. The monoisotopic (exact) mass is 418 g/mol. The number of aryl methyl sites for hydroxylation is 1. The van der Waals surface area contributed by atoms with E-state index in [1.54, 1.807) is 18.5 Å². The van der Waals surface area contributed by atoms with Gasteiger partial charge in [0.15, 0.2) is 5.13 Å². The first-order valence-electron chi connectivity index (χ1n) is 8.40. The van der Waals surface area contributed by atoms with Crippen molar-refractivity contribution in [3.05, 3.63) is 70.2 Å². The molecule has 0 aliphatic rings. The molecule has 4 rings (SSSR count). The molecule has 0 radical (unpaired) electrons. The summed E-state index contributed by atoms with van der Waals surface area (Å²) in [5, 5.41) is 7.10. The predicted octanol–water partition coefficient (Wildman–Crippen LogP) is 3.75. The van der Waals surface area contributed by atoms with Gasteiger partial charge in [0.25, 0.3) is 11.7 Å². The van der Waals surface area contributed by atoms with Crippen molar-refractivity contribution >= 4 is 28.2 Å². The van der Waals surface area contributed by atoms with Crippen molar-refractivity contribution < 1.29 is 18.0 Å². The van der Waals surface area contributed by atoms with Gasteiger partial charge in [0.05, 0.1) is 5.56 Å². The molecule has 1 aromatic carbocycles. The summed E-state index contributed by atoms with van der Waals surface area (Å²) in [7, 11) is 0. The van der Waals surface area contributed by atoms with Crippen molar-refractivity contribution in [2.75, 3.05) is 5.32 Å². The van der Waals surface area contributed by atoms with E-state index in [1.807, 2.05) is 6.92 Å². The Morgan fingerprint density at radius 1 is 1.17 bits per heavy atom. The minimum atomic E-state index is -4.36. The van der Waals surface area contributed by atoms with Crippen molar-refractivity contribution in [2.24, 2.45) is 0 Å². The number of carbonyl (C=O) groups excluding carboxylic acids is 1. The van der Waals surface area contributed by atoms with Crippen molar-refractivity contribution in [1.82, 2.24) is 24.6 Å². The fourth-order valence-electron chi connectivity index (χ4n) is 2.62. The van der Waals surface area contributed by atoms with Gasteiger partial charge in [0.2, 0.25) is 5.82 Å². The van der Waals surface area contributed by atoms with Crippen molar-refractivity contribution in [3.8, 4) is 0 Å². The Balaban J connectivity index is 1.44. The van der Waals surface area contributed by atoms with Crippen LogP contribution in [0.25, 0.3) is 5.78 Å². The molecule has 3 aromatic heterocycles. The van der Waals surface area contributed by atoms with Gasteiger partial charge in [0.1, 0.15) is 0 Å². The second kappa shape index (κ2) is 7.24. The van der Waals surface area contributed by atoms with Crippen LogP contribution in [0.4, 0.5) is 18.3 Å². The molecule has 148 valence electrons. The summed E-state index contributed by atoms with van der Waals surface area (Å²) in [6.45, 7) is 1.82. The Morgan fingerprint density at radius 2 is 1.93 bits per heavy atom. The summed E-state index contributed by atoms with van der Waals surface area (Å²) >= 11 is 1.23. The van der Waals surface area contributed by atoms with Crippen LogP contribution >= 0.6 is 11.3 Å². The zero-order chi connectivity index (χ0) is 20.6. The van der Waals surface area contributed by atoms with Crippen LogP contribution < -0.4 is 5.32 Å². The number of thiazole rings is 1. The second-order valence-corrected chi connectivity index (χ2v) is 7.31. The lowest BCUT2D eigenvalue weighted by atomic mass is 10.1. The van der Waals surface area contributed by atoms with Gasteiger partial charge in [-0.25, -0.2) is 14.5 Å². The lowest BCUT2D eigenvalue weighted by Gasteiger charge is -2.06. The SMILES string of the molecule is Cc1ccnc2nc(C(=O)Nc3ncc(Cc4ccc(C(F)(F)F)cc4)s3)nn12. The zero-order valence-electron chi connectivity index (χ0n) is 14.9. The van der Waals surface area contributed by atoms with E-state index in [1.165, 1.54) is 28.0 Å². The maximum absolute atomic E-state index is 12.6. The minimum absolute atomic E-state index is 0.0358. The standard InChI is InChI=1S/C18H13F3N6OS/c1-10-6-7-22-16-24-14(26-27(10)16)15(28)25-17-23-9-13(29-17)8-11-2-4-12(5-3-11)18(19,20)21/h2-7,9H,8H2,1H3,(H,23,25,28). The summed E-state index contributed by atoms with van der Waals surface area (Å²) in [4.78, 5) is 25.4. The molecule has 7 nitrogen and oxygen atoms in total. The number of nitrogens with one attached hydrogen (secondary N) is 1. The molecule has 0 saturated heterocycles. The lowest BCUT2D eigenvalue weighted by molar-refractivity contribution is -0.137. The van der Waals surface area contributed by atoms with E-state index in [4.69, 9.17) is 0 Å². The van der Waals surface area contributed by atoms with Gasteiger partial charge in [-0.1, -0.05) is 12.1 Å². The van der Waals surface area contributed by atoms with Gasteiger partial charge in [0, 0.05) is 29.4 Å². The number of hydrogen-bond donors (Lipinski definition) is 1. The molecule has 0 aliphatic carbocycles. The molecule has 0 fully saturated rings. The first kappa shape index (κ1) is 19.0. The number of benzene rings is 1. The maximum Gasteiger partial charge on any atom is 0.416 e. The number of carbonyl (C=O) groups is 1. The molecule has 3 heterocycles. The van der Waals surface area contributed by atoms with Crippen LogP contribution in [-0.2, 0) is 12.6 Å². The summed E-state index contributed by atoms with van der Waals surface area (Å²) in [5.41, 5.74) is 0.806. The molecule has 0 bridgehead atoms. The van der Waals surface area contributed by atoms with Crippen LogP contribution in [0.5, 0.6) is 0 Å². The summed E-state index contributed by atoms with van der Waals surface area (Å²) in [5.74, 6) is -0.242. The third kappa shape index (κ3) is 4.09. The molecular formula is C18H13F3N6OS. The van der Waals surface area contributed by atoms with E-state index in [2.05, 4.69) is 25.4 Å². The number of anilines is 1. The second-order valence-electron chi connectivity index (χ2n) is 6.19. The molecule has 11 heteroatoms. The number of rotatable bonds is 4. The Morgan fingerprint density at radius 3 is 2.62 bits per heavy atom. The molecule has 0 spiro atoms. The normalized spacial score (nSPS) is 11.7. The molecule has 1 amide bonds. The zero-order valence-corrected chi connectivity index (χ0v) is 15.8. The van der Waals surface area contributed by atoms with Crippen LogP contribution in [-0.4, -0.2) is 30.5 Å². The topological polar surface area (TPSA) is 85.1 Å². The number of fused-ring (bicyclic) bond motifs is 1. The molecule has 0 aliphatic heterocycles. The average Bonchev–Trinajstić information content (AvgIpc) is 3.29. The fourth-order valence-corrected chi connectivity index (χ4v) is 3.46. The van der Waals surface area contributed by atoms with Crippen LogP contribution in [0.2, 0.25) is 0 Å². The highest BCUT2D eigenvalue weighted by Gasteiger charge is 2.29. The van der Waals surface area contributed by atoms with E-state index in [-0.39, 0.29) is 5.82 Å². The molecule has 29 heavy (non-hydrogen) atoms.